The maximum Gasteiger partial charge on any atom is 0.259 e. The van der Waals surface area contributed by atoms with Gasteiger partial charge in [-0.05, 0) is 36.4 Å². The molecule has 0 aliphatic rings. The molecule has 3 rings (SSSR count). The van der Waals surface area contributed by atoms with Crippen LogP contribution in [0.5, 0.6) is 5.75 Å². The van der Waals surface area contributed by atoms with Crippen LogP contribution in [0.15, 0.2) is 49.1 Å². The highest BCUT2D eigenvalue weighted by molar-refractivity contribution is 6.31. The monoisotopic (exact) mass is 346 g/mol. The highest BCUT2D eigenvalue weighted by Gasteiger charge is 2.16. The van der Waals surface area contributed by atoms with Crippen LogP contribution in [-0.4, -0.2) is 27.8 Å². The van der Waals surface area contributed by atoms with Gasteiger partial charge in [-0.3, -0.25) is 4.79 Å². The summed E-state index contributed by atoms with van der Waals surface area (Å²) in [6, 6.07) is 8.64. The Morgan fingerprint density at radius 3 is 2.83 bits per heavy atom. The van der Waals surface area contributed by atoms with Gasteiger partial charge in [0.15, 0.2) is 0 Å². The van der Waals surface area contributed by atoms with Gasteiger partial charge in [-0.25, -0.2) is 14.1 Å². The van der Waals surface area contributed by atoms with Gasteiger partial charge >= 0.3 is 0 Å². The van der Waals surface area contributed by atoms with Crippen LogP contribution in [0.4, 0.5) is 10.1 Å². The Balaban J connectivity index is 1.98. The number of amides is 1. The molecule has 0 saturated heterocycles. The summed E-state index contributed by atoms with van der Waals surface area (Å²) in [5.74, 6) is -0.809. The fourth-order valence-electron chi connectivity index (χ4n) is 2.19. The first kappa shape index (κ1) is 15.9. The van der Waals surface area contributed by atoms with Crippen LogP contribution < -0.4 is 10.1 Å². The number of anilines is 1. The van der Waals surface area contributed by atoms with E-state index in [0.29, 0.717) is 16.4 Å². The second-order valence-electron chi connectivity index (χ2n) is 4.80. The van der Waals surface area contributed by atoms with Gasteiger partial charge in [0, 0.05) is 5.02 Å². The van der Waals surface area contributed by atoms with Crippen molar-refractivity contribution in [2.75, 3.05) is 12.4 Å². The zero-order valence-electron chi connectivity index (χ0n) is 12.5. The smallest absolute Gasteiger partial charge is 0.259 e. The number of nitrogens with zero attached hydrogens (tertiary/aromatic N) is 3. The molecule has 1 heterocycles. The lowest BCUT2D eigenvalue weighted by atomic mass is 10.1. The molecule has 6 nitrogen and oxygen atoms in total. The summed E-state index contributed by atoms with van der Waals surface area (Å²) in [4.78, 5) is 16.4. The van der Waals surface area contributed by atoms with Crippen molar-refractivity contribution in [1.82, 2.24) is 14.8 Å². The molecule has 1 amide bonds. The number of carbonyl (C=O) groups excluding carboxylic acids is 1. The molecule has 0 atom stereocenters. The lowest BCUT2D eigenvalue weighted by Crippen LogP contribution is -2.15. The summed E-state index contributed by atoms with van der Waals surface area (Å²) >= 11 is 6.01. The molecule has 3 aromatic rings. The van der Waals surface area contributed by atoms with E-state index in [9.17, 15) is 9.18 Å². The zero-order chi connectivity index (χ0) is 17.1. The van der Waals surface area contributed by atoms with Gasteiger partial charge in [-0.2, -0.15) is 5.10 Å². The molecule has 24 heavy (non-hydrogen) atoms. The van der Waals surface area contributed by atoms with Gasteiger partial charge in [-0.15, -0.1) is 0 Å². The molecule has 1 N–H and O–H groups in total. The number of rotatable bonds is 4. The molecule has 0 bridgehead atoms. The molecule has 1 aromatic heterocycles. The third-order valence-corrected chi connectivity index (χ3v) is 3.51. The van der Waals surface area contributed by atoms with Crippen molar-refractivity contribution < 1.29 is 13.9 Å². The van der Waals surface area contributed by atoms with Crippen molar-refractivity contribution in [3.63, 3.8) is 0 Å². The third-order valence-electron chi connectivity index (χ3n) is 3.28. The maximum absolute atomic E-state index is 13.5. The number of aromatic nitrogens is 3. The van der Waals surface area contributed by atoms with E-state index in [1.54, 1.807) is 18.2 Å². The Bertz CT molecular complexity index is 884. The van der Waals surface area contributed by atoms with Gasteiger partial charge in [0.1, 0.15) is 24.2 Å². The standard InChI is InChI=1S/C16H12ClFN4O2/c1-24-15-5-3-11(18)7-12(15)16(23)21-13-6-10(17)2-4-14(13)22-9-19-8-20-22/h2-9H,1H3,(H,21,23). The molecule has 122 valence electrons. The molecule has 0 unspecified atom stereocenters. The summed E-state index contributed by atoms with van der Waals surface area (Å²) in [5.41, 5.74) is 1.05. The average Bonchev–Trinajstić information content (AvgIpc) is 3.09. The molecule has 0 aliphatic heterocycles. The van der Waals surface area contributed by atoms with E-state index in [0.717, 1.165) is 6.07 Å². The molecule has 8 heteroatoms. The first-order valence-corrected chi connectivity index (χ1v) is 7.25. The molecular formula is C16H12ClFN4O2. The van der Waals surface area contributed by atoms with Crippen LogP contribution in [0.2, 0.25) is 5.02 Å². The van der Waals surface area contributed by atoms with E-state index in [1.165, 1.54) is 36.6 Å². The van der Waals surface area contributed by atoms with Crippen LogP contribution in [0.3, 0.4) is 0 Å². The second kappa shape index (κ2) is 6.67. The van der Waals surface area contributed by atoms with Gasteiger partial charge in [0.25, 0.3) is 5.91 Å². The summed E-state index contributed by atoms with van der Waals surface area (Å²) < 4.78 is 20.1. The van der Waals surface area contributed by atoms with E-state index < -0.39 is 11.7 Å². The molecule has 2 aromatic carbocycles. The SMILES string of the molecule is COc1ccc(F)cc1C(=O)Nc1cc(Cl)ccc1-n1cncn1. The molecular weight excluding hydrogens is 335 g/mol. The van der Waals surface area contributed by atoms with Crippen LogP contribution in [0, 0.1) is 5.82 Å². The average molecular weight is 347 g/mol. The Morgan fingerprint density at radius 1 is 1.29 bits per heavy atom. The lowest BCUT2D eigenvalue weighted by molar-refractivity contribution is 0.102. The Kier molecular flexibility index (Phi) is 4.43. The van der Waals surface area contributed by atoms with Crippen molar-refractivity contribution in [3.05, 3.63) is 65.5 Å². The number of ether oxygens (including phenoxy) is 1. The zero-order valence-corrected chi connectivity index (χ0v) is 13.3. The van der Waals surface area contributed by atoms with E-state index in [1.807, 2.05) is 0 Å². The number of hydrogen-bond acceptors (Lipinski definition) is 4. The molecule has 0 radical (unpaired) electrons. The number of carbonyl (C=O) groups is 1. The number of benzene rings is 2. The van der Waals surface area contributed by atoms with Crippen molar-refractivity contribution in [3.8, 4) is 11.4 Å². The van der Waals surface area contributed by atoms with Crippen molar-refractivity contribution in [2.45, 2.75) is 0 Å². The second-order valence-corrected chi connectivity index (χ2v) is 5.24. The van der Waals surface area contributed by atoms with Gasteiger partial charge in [0.05, 0.1) is 24.0 Å². The molecule has 0 saturated carbocycles. The minimum atomic E-state index is -0.538. The number of nitrogens with one attached hydrogen (secondary N) is 1. The quantitative estimate of drug-likeness (QED) is 0.786. The van der Waals surface area contributed by atoms with Crippen LogP contribution in [0.25, 0.3) is 5.69 Å². The van der Waals surface area contributed by atoms with Crippen molar-refractivity contribution in [1.29, 1.82) is 0 Å². The van der Waals surface area contributed by atoms with Crippen molar-refractivity contribution in [2.24, 2.45) is 0 Å². The third kappa shape index (κ3) is 3.21. The number of hydrogen-bond donors (Lipinski definition) is 1. The topological polar surface area (TPSA) is 69.0 Å². The van der Waals surface area contributed by atoms with Crippen LogP contribution >= 0.6 is 11.6 Å². The highest BCUT2D eigenvalue weighted by Crippen LogP contribution is 2.26. The summed E-state index contributed by atoms with van der Waals surface area (Å²) in [6.07, 6.45) is 2.86. The fraction of sp³-hybridized carbons (Fsp3) is 0.0625. The summed E-state index contributed by atoms with van der Waals surface area (Å²) in [5, 5.41) is 7.16. The molecule has 0 aliphatic carbocycles. The van der Waals surface area contributed by atoms with E-state index in [4.69, 9.17) is 16.3 Å². The van der Waals surface area contributed by atoms with E-state index in [2.05, 4.69) is 15.4 Å². The maximum atomic E-state index is 13.5. The minimum absolute atomic E-state index is 0.0713. The van der Waals surface area contributed by atoms with E-state index in [-0.39, 0.29) is 11.3 Å². The van der Waals surface area contributed by atoms with Crippen molar-refractivity contribution >= 4 is 23.2 Å². The van der Waals surface area contributed by atoms with Gasteiger partial charge < -0.3 is 10.1 Å². The van der Waals surface area contributed by atoms with Gasteiger partial charge in [-0.1, -0.05) is 11.6 Å². The normalized spacial score (nSPS) is 10.5. The molecule has 0 fully saturated rings. The Morgan fingerprint density at radius 2 is 2.12 bits per heavy atom. The fourth-order valence-corrected chi connectivity index (χ4v) is 2.36. The predicted octanol–water partition coefficient (Wildman–Crippen LogP) is 3.32. The summed E-state index contributed by atoms with van der Waals surface area (Å²) in [6.45, 7) is 0. The Hall–Kier alpha value is -2.93. The first-order chi connectivity index (χ1) is 11.6. The first-order valence-electron chi connectivity index (χ1n) is 6.88. The molecule has 0 spiro atoms. The number of methoxy groups -OCH3 is 1. The predicted molar refractivity (Wildman–Crippen MR) is 87.3 cm³/mol. The number of halogens is 2. The lowest BCUT2D eigenvalue weighted by Gasteiger charge is -2.13. The van der Waals surface area contributed by atoms with Crippen LogP contribution in [-0.2, 0) is 0 Å². The van der Waals surface area contributed by atoms with Crippen LogP contribution in [0.1, 0.15) is 10.4 Å². The summed E-state index contributed by atoms with van der Waals surface area (Å²) in [7, 11) is 1.41. The largest absolute Gasteiger partial charge is 0.496 e. The van der Waals surface area contributed by atoms with E-state index >= 15 is 0 Å². The highest BCUT2D eigenvalue weighted by atomic mass is 35.5. The van der Waals surface area contributed by atoms with Gasteiger partial charge in [0.2, 0.25) is 0 Å². The Labute approximate surface area is 141 Å². The minimum Gasteiger partial charge on any atom is -0.496 e.